The molecule has 138 valence electrons. The molecular weight excluding hydrogens is 397 g/mol. The van der Waals surface area contributed by atoms with E-state index in [9.17, 15) is 12.8 Å². The van der Waals surface area contributed by atoms with E-state index in [-0.39, 0.29) is 10.7 Å². The number of halogens is 2. The zero-order valence-electron chi connectivity index (χ0n) is 13.7. The lowest BCUT2D eigenvalue weighted by atomic mass is 10.3. The summed E-state index contributed by atoms with van der Waals surface area (Å²) in [4.78, 5) is 2.09. The zero-order valence-corrected chi connectivity index (χ0v) is 16.1. The number of nitrogens with zero attached hydrogens (tertiary/aromatic N) is 2. The van der Waals surface area contributed by atoms with Gasteiger partial charge >= 0.3 is 0 Å². The number of piperazine rings is 1. The van der Waals surface area contributed by atoms with Crippen molar-refractivity contribution >= 4 is 44.6 Å². The summed E-state index contributed by atoms with van der Waals surface area (Å²) in [5.74, 6) is -0.350. The maximum absolute atomic E-state index is 13.2. The minimum Gasteiger partial charge on any atom is -0.346 e. The number of benzene rings is 2. The largest absolute Gasteiger partial charge is 0.346 e. The van der Waals surface area contributed by atoms with Gasteiger partial charge in [0.15, 0.2) is 5.11 Å². The summed E-state index contributed by atoms with van der Waals surface area (Å²) in [5.41, 5.74) is 0.561. The van der Waals surface area contributed by atoms with Crippen molar-refractivity contribution in [3.05, 3.63) is 59.4 Å². The van der Waals surface area contributed by atoms with E-state index in [1.807, 2.05) is 4.90 Å². The summed E-state index contributed by atoms with van der Waals surface area (Å²) >= 11 is 11.2. The van der Waals surface area contributed by atoms with E-state index in [1.165, 1.54) is 28.6 Å². The lowest BCUT2D eigenvalue weighted by molar-refractivity contribution is 0.268. The second-order valence-electron chi connectivity index (χ2n) is 5.79. The predicted octanol–water partition coefficient (Wildman–Crippen LogP) is 3.18. The predicted molar refractivity (Wildman–Crippen MR) is 104 cm³/mol. The van der Waals surface area contributed by atoms with Gasteiger partial charge in [-0.15, -0.1) is 0 Å². The Morgan fingerprint density at radius 2 is 1.73 bits per heavy atom. The van der Waals surface area contributed by atoms with Crippen molar-refractivity contribution in [1.29, 1.82) is 0 Å². The van der Waals surface area contributed by atoms with Crippen LogP contribution in [0.25, 0.3) is 0 Å². The minimum atomic E-state index is -3.56. The van der Waals surface area contributed by atoms with Crippen LogP contribution >= 0.6 is 23.8 Å². The van der Waals surface area contributed by atoms with Crippen LogP contribution in [-0.4, -0.2) is 48.9 Å². The highest BCUT2D eigenvalue weighted by Crippen LogP contribution is 2.20. The molecule has 0 aliphatic carbocycles. The van der Waals surface area contributed by atoms with Crippen LogP contribution in [-0.2, 0) is 10.0 Å². The number of hydrogen-bond acceptors (Lipinski definition) is 3. The summed E-state index contributed by atoms with van der Waals surface area (Å²) in [6.45, 7) is 1.54. The standard InChI is InChI=1S/C17H17ClFN3O2S2/c18-13-4-6-16(7-5-13)26(23,24)22-10-8-21(9-11-22)17(25)20-15-3-1-2-14(19)12-15/h1-7,12H,8-11H2,(H,20,25). The van der Waals surface area contributed by atoms with Gasteiger partial charge in [0.2, 0.25) is 10.0 Å². The SMILES string of the molecule is O=S(=O)(c1ccc(Cl)cc1)N1CCN(C(=S)Nc2cccc(F)c2)CC1. The number of rotatable bonds is 3. The first-order chi connectivity index (χ1) is 12.4. The molecule has 1 N–H and O–H groups in total. The van der Waals surface area contributed by atoms with Crippen molar-refractivity contribution in [2.75, 3.05) is 31.5 Å². The summed E-state index contributed by atoms with van der Waals surface area (Å²) in [6.07, 6.45) is 0. The average molecular weight is 414 g/mol. The molecule has 0 amide bonds. The Morgan fingerprint density at radius 1 is 1.08 bits per heavy atom. The van der Waals surface area contributed by atoms with Crippen molar-refractivity contribution in [3.63, 3.8) is 0 Å². The van der Waals surface area contributed by atoms with Crippen molar-refractivity contribution in [2.24, 2.45) is 0 Å². The third-order valence-electron chi connectivity index (χ3n) is 4.05. The second kappa shape index (κ2) is 7.87. The molecule has 9 heteroatoms. The Hall–Kier alpha value is -1.74. The molecule has 2 aromatic carbocycles. The summed E-state index contributed by atoms with van der Waals surface area (Å²) in [5, 5.41) is 3.91. The van der Waals surface area contributed by atoms with E-state index in [2.05, 4.69) is 5.32 Å². The van der Waals surface area contributed by atoms with E-state index in [0.29, 0.717) is 42.0 Å². The molecule has 0 unspecified atom stereocenters. The third-order valence-corrected chi connectivity index (χ3v) is 6.58. The lowest BCUT2D eigenvalue weighted by Gasteiger charge is -2.35. The first-order valence-electron chi connectivity index (χ1n) is 7.93. The molecule has 1 aliphatic rings. The molecule has 0 atom stereocenters. The van der Waals surface area contributed by atoms with Gasteiger partial charge < -0.3 is 10.2 Å². The molecular formula is C17H17ClFN3O2S2. The maximum Gasteiger partial charge on any atom is 0.243 e. The zero-order chi connectivity index (χ0) is 18.7. The third kappa shape index (κ3) is 4.32. The first-order valence-corrected chi connectivity index (χ1v) is 10.2. The van der Waals surface area contributed by atoms with E-state index in [1.54, 1.807) is 24.3 Å². The second-order valence-corrected chi connectivity index (χ2v) is 8.55. The summed E-state index contributed by atoms with van der Waals surface area (Å²) in [7, 11) is -3.56. The molecule has 1 heterocycles. The van der Waals surface area contributed by atoms with Gasteiger partial charge in [-0.2, -0.15) is 4.31 Å². The highest BCUT2D eigenvalue weighted by molar-refractivity contribution is 7.89. The van der Waals surface area contributed by atoms with Gasteiger partial charge in [-0.25, -0.2) is 12.8 Å². The van der Waals surface area contributed by atoms with Crippen molar-refractivity contribution in [1.82, 2.24) is 9.21 Å². The molecule has 26 heavy (non-hydrogen) atoms. The van der Waals surface area contributed by atoms with Crippen LogP contribution in [0.15, 0.2) is 53.4 Å². The number of nitrogens with one attached hydrogen (secondary N) is 1. The van der Waals surface area contributed by atoms with Crippen molar-refractivity contribution in [3.8, 4) is 0 Å². The van der Waals surface area contributed by atoms with Gasteiger partial charge in [-0.3, -0.25) is 0 Å². The first kappa shape index (κ1) is 19.0. The van der Waals surface area contributed by atoms with Gasteiger partial charge in [-0.05, 0) is 54.7 Å². The maximum atomic E-state index is 13.2. The van der Waals surface area contributed by atoms with Gasteiger partial charge in [-0.1, -0.05) is 17.7 Å². The minimum absolute atomic E-state index is 0.218. The quantitative estimate of drug-likeness (QED) is 0.783. The highest BCUT2D eigenvalue weighted by atomic mass is 35.5. The van der Waals surface area contributed by atoms with E-state index in [0.717, 1.165) is 0 Å². The fraction of sp³-hybridized carbons (Fsp3) is 0.235. The van der Waals surface area contributed by atoms with Crippen LogP contribution in [0.2, 0.25) is 5.02 Å². The number of hydrogen-bond donors (Lipinski definition) is 1. The molecule has 3 rings (SSSR count). The Morgan fingerprint density at radius 3 is 2.35 bits per heavy atom. The van der Waals surface area contributed by atoms with Crippen LogP contribution < -0.4 is 5.32 Å². The van der Waals surface area contributed by atoms with Crippen LogP contribution in [0.1, 0.15) is 0 Å². The molecule has 1 saturated heterocycles. The molecule has 1 aliphatic heterocycles. The van der Waals surface area contributed by atoms with E-state index >= 15 is 0 Å². The fourth-order valence-electron chi connectivity index (χ4n) is 2.66. The van der Waals surface area contributed by atoms with Crippen LogP contribution in [0.5, 0.6) is 0 Å². The van der Waals surface area contributed by atoms with Crippen LogP contribution in [0.4, 0.5) is 10.1 Å². The molecule has 1 fully saturated rings. The molecule has 0 spiro atoms. The van der Waals surface area contributed by atoms with E-state index < -0.39 is 10.0 Å². The molecule has 0 saturated carbocycles. The van der Waals surface area contributed by atoms with Gasteiger partial charge in [0.25, 0.3) is 0 Å². The van der Waals surface area contributed by atoms with Gasteiger partial charge in [0.05, 0.1) is 4.90 Å². The average Bonchev–Trinajstić information content (AvgIpc) is 2.62. The van der Waals surface area contributed by atoms with Gasteiger partial charge in [0, 0.05) is 36.9 Å². The lowest BCUT2D eigenvalue weighted by Crippen LogP contribution is -2.51. The Balaban J connectivity index is 1.61. The van der Waals surface area contributed by atoms with Crippen molar-refractivity contribution in [2.45, 2.75) is 4.90 Å². The monoisotopic (exact) mass is 413 g/mol. The molecule has 2 aromatic rings. The number of sulfonamides is 1. The highest BCUT2D eigenvalue weighted by Gasteiger charge is 2.29. The molecule has 0 bridgehead atoms. The summed E-state index contributed by atoms with van der Waals surface area (Å²) in [6, 6.07) is 12.1. The molecule has 5 nitrogen and oxygen atoms in total. The normalized spacial score (nSPS) is 15.7. The van der Waals surface area contributed by atoms with Gasteiger partial charge in [0.1, 0.15) is 5.82 Å². The molecule has 0 radical (unpaired) electrons. The summed E-state index contributed by atoms with van der Waals surface area (Å²) < 4.78 is 40.0. The van der Waals surface area contributed by atoms with E-state index in [4.69, 9.17) is 23.8 Å². The van der Waals surface area contributed by atoms with Crippen molar-refractivity contribution < 1.29 is 12.8 Å². The van der Waals surface area contributed by atoms with Crippen LogP contribution in [0.3, 0.4) is 0 Å². The number of thiocarbonyl (C=S) groups is 1. The Bertz CT molecular complexity index is 898. The topological polar surface area (TPSA) is 52.7 Å². The Labute approximate surface area is 162 Å². The smallest absolute Gasteiger partial charge is 0.243 e. The van der Waals surface area contributed by atoms with Crippen LogP contribution in [0, 0.1) is 5.82 Å². The Kier molecular flexibility index (Phi) is 5.76. The fourth-order valence-corrected chi connectivity index (χ4v) is 4.50. The molecule has 0 aromatic heterocycles. The number of anilines is 1.